The molecule has 0 radical (unpaired) electrons. The zero-order chi connectivity index (χ0) is 14.8. The van der Waals surface area contributed by atoms with Crippen molar-refractivity contribution in [2.45, 2.75) is 44.1 Å². The van der Waals surface area contributed by atoms with E-state index in [0.717, 1.165) is 19.3 Å². The minimum absolute atomic E-state index is 0.0664. The first-order valence-corrected chi connectivity index (χ1v) is 6.99. The third-order valence-corrected chi connectivity index (χ3v) is 3.87. The molecule has 1 heterocycles. The number of rotatable bonds is 4. The van der Waals surface area contributed by atoms with E-state index >= 15 is 0 Å². The number of nitrogens with zero attached hydrogens (tertiary/aromatic N) is 2. The Morgan fingerprint density at radius 1 is 1.29 bits per heavy atom. The predicted molar refractivity (Wildman–Crippen MR) is 71.2 cm³/mol. The molecule has 112 valence electrons. The van der Waals surface area contributed by atoms with Crippen molar-refractivity contribution in [3.63, 3.8) is 0 Å². The van der Waals surface area contributed by atoms with E-state index in [1.807, 2.05) is 12.1 Å². The van der Waals surface area contributed by atoms with Gasteiger partial charge in [0, 0.05) is 5.92 Å². The van der Waals surface area contributed by atoms with E-state index < -0.39 is 12.5 Å². The first-order valence-electron chi connectivity index (χ1n) is 6.99. The molecule has 2 unspecified atom stereocenters. The van der Waals surface area contributed by atoms with Crippen molar-refractivity contribution in [1.82, 2.24) is 10.1 Å². The average molecular weight is 294 g/mol. The van der Waals surface area contributed by atoms with Crippen LogP contribution in [0, 0.1) is 0 Å². The summed E-state index contributed by atoms with van der Waals surface area (Å²) in [5.41, 5.74) is 2.61. The molecule has 0 spiro atoms. The van der Waals surface area contributed by atoms with Crippen LogP contribution in [0.3, 0.4) is 0 Å². The fourth-order valence-corrected chi connectivity index (χ4v) is 2.70. The van der Waals surface area contributed by atoms with Crippen molar-refractivity contribution in [2.75, 3.05) is 0 Å². The maximum absolute atomic E-state index is 12.3. The number of alkyl halides is 2. The molecule has 6 heteroatoms. The SMILES string of the molecule is OC(Cc1nc(C2CCc3ccccc3C2)no1)C(F)F. The highest BCUT2D eigenvalue weighted by molar-refractivity contribution is 5.31. The Morgan fingerprint density at radius 3 is 2.81 bits per heavy atom. The molecule has 1 aromatic heterocycles. The smallest absolute Gasteiger partial charge is 0.264 e. The summed E-state index contributed by atoms with van der Waals surface area (Å²) in [6.45, 7) is 0. The molecule has 0 aliphatic heterocycles. The minimum atomic E-state index is -2.80. The first kappa shape index (κ1) is 14.1. The van der Waals surface area contributed by atoms with Crippen molar-refractivity contribution in [3.05, 3.63) is 47.1 Å². The molecule has 1 N–H and O–H groups in total. The fraction of sp³-hybridized carbons (Fsp3) is 0.467. The zero-order valence-electron chi connectivity index (χ0n) is 11.4. The van der Waals surface area contributed by atoms with Crippen molar-refractivity contribution in [3.8, 4) is 0 Å². The van der Waals surface area contributed by atoms with Crippen LogP contribution in [-0.2, 0) is 19.3 Å². The molecule has 1 aliphatic rings. The molecular formula is C15H16F2N2O2. The molecule has 2 aromatic rings. The van der Waals surface area contributed by atoms with E-state index in [0.29, 0.717) is 5.82 Å². The minimum Gasteiger partial charge on any atom is -0.387 e. The molecule has 0 bridgehead atoms. The van der Waals surface area contributed by atoms with Gasteiger partial charge in [-0.3, -0.25) is 0 Å². The van der Waals surface area contributed by atoms with Gasteiger partial charge in [0.25, 0.3) is 6.43 Å². The molecule has 4 nitrogen and oxygen atoms in total. The van der Waals surface area contributed by atoms with Gasteiger partial charge in [-0.2, -0.15) is 4.98 Å². The van der Waals surface area contributed by atoms with Crippen molar-refractivity contribution in [2.24, 2.45) is 0 Å². The number of aliphatic hydroxyl groups is 1. The summed E-state index contributed by atoms with van der Waals surface area (Å²) in [6, 6.07) is 8.23. The van der Waals surface area contributed by atoms with Gasteiger partial charge >= 0.3 is 0 Å². The van der Waals surface area contributed by atoms with Gasteiger partial charge in [-0.1, -0.05) is 29.4 Å². The van der Waals surface area contributed by atoms with Gasteiger partial charge in [-0.25, -0.2) is 8.78 Å². The highest BCUT2D eigenvalue weighted by Gasteiger charge is 2.26. The van der Waals surface area contributed by atoms with E-state index in [1.165, 1.54) is 11.1 Å². The lowest BCUT2D eigenvalue weighted by Crippen LogP contribution is -2.20. The van der Waals surface area contributed by atoms with Crippen molar-refractivity contribution < 1.29 is 18.4 Å². The topological polar surface area (TPSA) is 59.2 Å². The maximum Gasteiger partial charge on any atom is 0.264 e. The molecule has 0 saturated carbocycles. The van der Waals surface area contributed by atoms with Crippen LogP contribution >= 0.6 is 0 Å². The summed E-state index contributed by atoms with van der Waals surface area (Å²) in [4.78, 5) is 4.16. The molecule has 21 heavy (non-hydrogen) atoms. The third-order valence-electron chi connectivity index (χ3n) is 3.87. The lowest BCUT2D eigenvalue weighted by Gasteiger charge is -2.21. The second kappa shape index (κ2) is 5.89. The van der Waals surface area contributed by atoms with Crippen molar-refractivity contribution >= 4 is 0 Å². The van der Waals surface area contributed by atoms with Crippen LogP contribution in [-0.4, -0.2) is 27.8 Å². The molecule has 0 saturated heterocycles. The maximum atomic E-state index is 12.3. The van der Waals surface area contributed by atoms with Gasteiger partial charge in [0.1, 0.15) is 6.10 Å². The van der Waals surface area contributed by atoms with Crippen LogP contribution in [0.4, 0.5) is 8.78 Å². The Labute approximate surface area is 120 Å². The molecule has 1 aromatic carbocycles. The van der Waals surface area contributed by atoms with E-state index in [2.05, 4.69) is 22.3 Å². The fourth-order valence-electron chi connectivity index (χ4n) is 2.70. The third kappa shape index (κ3) is 3.10. The molecule has 1 aliphatic carbocycles. The number of aryl methyl sites for hydroxylation is 1. The van der Waals surface area contributed by atoms with Gasteiger partial charge in [0.15, 0.2) is 5.82 Å². The number of hydrogen-bond donors (Lipinski definition) is 1. The Morgan fingerprint density at radius 2 is 2.05 bits per heavy atom. The normalized spacial score (nSPS) is 19.5. The number of fused-ring (bicyclic) bond motifs is 1. The van der Waals surface area contributed by atoms with Gasteiger partial charge in [0.2, 0.25) is 5.89 Å². The van der Waals surface area contributed by atoms with Crippen LogP contribution in [0.15, 0.2) is 28.8 Å². The van der Waals surface area contributed by atoms with Gasteiger partial charge < -0.3 is 9.63 Å². The van der Waals surface area contributed by atoms with Gasteiger partial charge in [0.05, 0.1) is 6.42 Å². The van der Waals surface area contributed by atoms with Crippen molar-refractivity contribution in [1.29, 1.82) is 0 Å². The summed E-state index contributed by atoms with van der Waals surface area (Å²) in [5, 5.41) is 13.0. The Balaban J connectivity index is 1.70. The second-order valence-electron chi connectivity index (χ2n) is 5.36. The highest BCUT2D eigenvalue weighted by atomic mass is 19.3. The van der Waals surface area contributed by atoms with Gasteiger partial charge in [-0.05, 0) is 30.4 Å². The summed E-state index contributed by atoms with van der Waals surface area (Å²) < 4.78 is 29.6. The standard InChI is InChI=1S/C15H16F2N2O2/c16-14(17)12(20)8-13-18-15(19-21-13)11-6-5-9-3-1-2-4-10(9)7-11/h1-4,11-12,14,20H,5-8H2. The number of aromatic nitrogens is 2. The molecule has 0 amide bonds. The molecule has 0 fully saturated rings. The van der Waals surface area contributed by atoms with E-state index in [9.17, 15) is 8.78 Å². The summed E-state index contributed by atoms with van der Waals surface area (Å²) in [7, 11) is 0. The van der Waals surface area contributed by atoms with Crippen LogP contribution in [0.2, 0.25) is 0 Å². The van der Waals surface area contributed by atoms with Crippen LogP contribution in [0.1, 0.15) is 35.2 Å². The monoisotopic (exact) mass is 294 g/mol. The Bertz CT molecular complexity index is 615. The van der Waals surface area contributed by atoms with Crippen LogP contribution in [0.25, 0.3) is 0 Å². The van der Waals surface area contributed by atoms with E-state index in [-0.39, 0.29) is 18.2 Å². The number of hydrogen-bond acceptors (Lipinski definition) is 4. The van der Waals surface area contributed by atoms with Gasteiger partial charge in [-0.15, -0.1) is 0 Å². The number of benzene rings is 1. The quantitative estimate of drug-likeness (QED) is 0.941. The van der Waals surface area contributed by atoms with Crippen LogP contribution in [0.5, 0.6) is 0 Å². The number of aliphatic hydroxyl groups excluding tert-OH is 1. The lowest BCUT2D eigenvalue weighted by atomic mass is 9.83. The zero-order valence-corrected chi connectivity index (χ0v) is 11.4. The Hall–Kier alpha value is -1.82. The summed E-state index contributed by atoms with van der Waals surface area (Å²) in [5.74, 6) is 0.749. The lowest BCUT2D eigenvalue weighted by molar-refractivity contribution is -0.00754. The van der Waals surface area contributed by atoms with E-state index in [1.54, 1.807) is 0 Å². The van der Waals surface area contributed by atoms with E-state index in [4.69, 9.17) is 9.63 Å². The summed E-state index contributed by atoms with van der Waals surface area (Å²) >= 11 is 0. The predicted octanol–water partition coefficient (Wildman–Crippen LogP) is 2.51. The molecule has 2 atom stereocenters. The first-order chi connectivity index (χ1) is 10.1. The molecular weight excluding hydrogens is 278 g/mol. The van der Waals surface area contributed by atoms with Crippen LogP contribution < -0.4 is 0 Å². The largest absolute Gasteiger partial charge is 0.387 e. The number of halogens is 2. The highest BCUT2D eigenvalue weighted by Crippen LogP contribution is 2.31. The Kier molecular flexibility index (Phi) is 3.96. The average Bonchev–Trinajstić information content (AvgIpc) is 2.95. The second-order valence-corrected chi connectivity index (χ2v) is 5.36. The summed E-state index contributed by atoms with van der Waals surface area (Å²) in [6.07, 6.45) is -2.19. The molecule has 3 rings (SSSR count).